The summed E-state index contributed by atoms with van der Waals surface area (Å²) in [5.74, 6) is 0. The maximum atomic E-state index is 13.2. The minimum absolute atomic E-state index is 0.149. The van der Waals surface area contributed by atoms with Crippen LogP contribution in [0.5, 0.6) is 0 Å². The third-order valence-corrected chi connectivity index (χ3v) is 6.46. The van der Waals surface area contributed by atoms with Gasteiger partial charge in [-0.25, -0.2) is 4.79 Å². The average Bonchev–Trinajstić information content (AvgIpc) is 3.13. The second-order valence-electron chi connectivity index (χ2n) is 10.5. The predicted molar refractivity (Wildman–Crippen MR) is 128 cm³/mol. The lowest BCUT2D eigenvalue weighted by molar-refractivity contribution is -0.101. The number of rotatable bonds is 6. The summed E-state index contributed by atoms with van der Waals surface area (Å²) in [6, 6.07) is 17.6. The molecule has 0 aliphatic carbocycles. The molecule has 4 rings (SSSR count). The molecular formula is C26H34BNO5. The largest absolute Gasteiger partial charge is 0.494 e. The highest BCUT2D eigenvalue weighted by atomic mass is 16.7. The van der Waals surface area contributed by atoms with E-state index in [2.05, 4.69) is 0 Å². The first-order chi connectivity index (χ1) is 15.5. The Morgan fingerprint density at radius 3 is 2.33 bits per heavy atom. The molecule has 0 spiro atoms. The molecule has 2 aliphatic heterocycles. The number of carbonyl (C=O) groups is 1. The molecule has 2 aliphatic rings. The van der Waals surface area contributed by atoms with Gasteiger partial charge in [0.1, 0.15) is 5.60 Å². The molecule has 33 heavy (non-hydrogen) atoms. The SMILES string of the molecule is C[C@@H](c1ccc(B2OCC(C)(C)O2)cc1)N1CC[C@](CC(C)(C)O)(c2ccccc2)OC1=O. The van der Waals surface area contributed by atoms with Crippen LogP contribution in [0, 0.1) is 0 Å². The molecule has 2 aromatic carbocycles. The fraction of sp³-hybridized carbons (Fsp3) is 0.500. The molecule has 0 saturated carbocycles. The Bertz CT molecular complexity index is 972. The summed E-state index contributed by atoms with van der Waals surface area (Å²) < 4.78 is 17.8. The number of carbonyl (C=O) groups excluding carboxylic acids is 1. The summed E-state index contributed by atoms with van der Waals surface area (Å²) in [4.78, 5) is 15.0. The Morgan fingerprint density at radius 2 is 1.79 bits per heavy atom. The number of nitrogens with zero attached hydrogens (tertiary/aromatic N) is 1. The van der Waals surface area contributed by atoms with Crippen molar-refractivity contribution in [1.82, 2.24) is 4.90 Å². The van der Waals surface area contributed by atoms with Crippen molar-refractivity contribution >= 4 is 18.7 Å². The lowest BCUT2D eigenvalue weighted by Crippen LogP contribution is -2.51. The molecule has 176 valence electrons. The molecule has 2 aromatic rings. The molecule has 0 unspecified atom stereocenters. The Kier molecular flexibility index (Phi) is 6.33. The molecule has 6 nitrogen and oxygen atoms in total. The Balaban J connectivity index is 1.49. The fourth-order valence-electron chi connectivity index (χ4n) is 4.80. The van der Waals surface area contributed by atoms with Crippen LogP contribution in [0.15, 0.2) is 54.6 Å². The van der Waals surface area contributed by atoms with Gasteiger partial charge in [0.25, 0.3) is 0 Å². The summed E-state index contributed by atoms with van der Waals surface area (Å²) in [6.07, 6.45) is 0.577. The van der Waals surface area contributed by atoms with Crippen molar-refractivity contribution in [1.29, 1.82) is 0 Å². The van der Waals surface area contributed by atoms with E-state index in [0.29, 0.717) is 26.0 Å². The summed E-state index contributed by atoms with van der Waals surface area (Å²) in [5.41, 5.74) is 0.785. The quantitative estimate of drug-likeness (QED) is 0.668. The topological polar surface area (TPSA) is 68.2 Å². The Morgan fingerprint density at radius 1 is 1.12 bits per heavy atom. The van der Waals surface area contributed by atoms with E-state index >= 15 is 0 Å². The first-order valence-electron chi connectivity index (χ1n) is 11.6. The Hall–Kier alpha value is -2.35. The summed E-state index contributed by atoms with van der Waals surface area (Å²) in [5, 5.41) is 10.6. The third-order valence-electron chi connectivity index (χ3n) is 6.46. The zero-order valence-corrected chi connectivity index (χ0v) is 20.2. The van der Waals surface area contributed by atoms with Crippen molar-refractivity contribution in [2.75, 3.05) is 13.2 Å². The monoisotopic (exact) mass is 451 g/mol. The molecule has 2 atom stereocenters. The van der Waals surface area contributed by atoms with Crippen LogP contribution >= 0.6 is 0 Å². The highest BCUT2D eigenvalue weighted by Crippen LogP contribution is 2.42. The van der Waals surface area contributed by atoms with E-state index in [4.69, 9.17) is 14.0 Å². The van der Waals surface area contributed by atoms with Crippen LogP contribution in [0.25, 0.3) is 0 Å². The number of cyclic esters (lactones) is 1. The maximum Gasteiger partial charge on any atom is 0.494 e. The number of benzene rings is 2. The maximum absolute atomic E-state index is 13.2. The number of ether oxygens (including phenoxy) is 1. The second kappa shape index (κ2) is 8.78. The van der Waals surface area contributed by atoms with Crippen LogP contribution in [-0.2, 0) is 19.6 Å². The molecule has 0 aromatic heterocycles. The molecule has 0 bridgehead atoms. The van der Waals surface area contributed by atoms with Crippen molar-refractivity contribution < 1.29 is 23.9 Å². The van der Waals surface area contributed by atoms with E-state index in [1.807, 2.05) is 75.4 Å². The van der Waals surface area contributed by atoms with Crippen molar-refractivity contribution in [3.05, 3.63) is 65.7 Å². The van der Waals surface area contributed by atoms with Gasteiger partial charge in [-0.15, -0.1) is 0 Å². The number of aliphatic hydroxyl groups is 1. The van der Waals surface area contributed by atoms with Gasteiger partial charge in [0.15, 0.2) is 0 Å². The zero-order valence-electron chi connectivity index (χ0n) is 20.2. The van der Waals surface area contributed by atoms with Gasteiger partial charge in [-0.05, 0) is 51.2 Å². The van der Waals surface area contributed by atoms with Gasteiger partial charge in [-0.3, -0.25) is 0 Å². The van der Waals surface area contributed by atoms with Gasteiger partial charge >= 0.3 is 13.2 Å². The van der Waals surface area contributed by atoms with E-state index in [1.54, 1.807) is 18.7 Å². The van der Waals surface area contributed by atoms with Crippen molar-refractivity contribution in [2.24, 2.45) is 0 Å². The molecule has 1 amide bonds. The molecule has 0 radical (unpaired) electrons. The summed E-state index contributed by atoms with van der Waals surface area (Å²) >= 11 is 0. The van der Waals surface area contributed by atoms with Gasteiger partial charge < -0.3 is 24.1 Å². The molecule has 2 heterocycles. The van der Waals surface area contributed by atoms with E-state index in [-0.39, 0.29) is 24.9 Å². The fourth-order valence-corrected chi connectivity index (χ4v) is 4.80. The van der Waals surface area contributed by atoms with E-state index in [9.17, 15) is 9.90 Å². The molecule has 2 fully saturated rings. The van der Waals surface area contributed by atoms with Crippen molar-refractivity contribution in [3.63, 3.8) is 0 Å². The third kappa shape index (κ3) is 5.26. The van der Waals surface area contributed by atoms with Crippen LogP contribution in [0.3, 0.4) is 0 Å². The molecular weight excluding hydrogens is 417 g/mol. The lowest BCUT2D eigenvalue weighted by atomic mass is 9.78. The average molecular weight is 451 g/mol. The van der Waals surface area contributed by atoms with E-state index in [1.165, 1.54) is 0 Å². The highest BCUT2D eigenvalue weighted by Gasteiger charge is 2.46. The first kappa shape index (κ1) is 23.8. The Labute approximate surface area is 197 Å². The van der Waals surface area contributed by atoms with Gasteiger partial charge in [0.2, 0.25) is 0 Å². The highest BCUT2D eigenvalue weighted by molar-refractivity contribution is 6.61. The zero-order chi connectivity index (χ0) is 23.9. The summed E-state index contributed by atoms with van der Waals surface area (Å²) in [7, 11) is -0.363. The molecule has 1 N–H and O–H groups in total. The van der Waals surface area contributed by atoms with Gasteiger partial charge in [-0.2, -0.15) is 0 Å². The van der Waals surface area contributed by atoms with Crippen LogP contribution in [0.1, 0.15) is 64.6 Å². The number of amides is 1. The van der Waals surface area contributed by atoms with Crippen LogP contribution in [0.4, 0.5) is 4.79 Å². The second-order valence-corrected chi connectivity index (χ2v) is 10.5. The summed E-state index contributed by atoms with van der Waals surface area (Å²) in [6.45, 7) is 10.6. The van der Waals surface area contributed by atoms with Crippen molar-refractivity contribution in [2.45, 2.75) is 70.3 Å². The standard InChI is InChI=1S/C26H34BNO5/c1-19(20-11-13-22(14-12-20)27-31-18-25(4,5)33-27)28-16-15-26(32-23(28)29,17-24(2,3)30)21-9-7-6-8-10-21/h6-14,19,30H,15-18H2,1-5H3/t19-,26-/m0/s1. The normalized spacial score (nSPS) is 24.0. The predicted octanol–water partition coefficient (Wildman–Crippen LogP) is 4.17. The van der Waals surface area contributed by atoms with Gasteiger partial charge in [0.05, 0.1) is 23.9 Å². The molecule has 2 saturated heterocycles. The first-order valence-corrected chi connectivity index (χ1v) is 11.6. The number of hydrogen-bond acceptors (Lipinski definition) is 5. The minimum atomic E-state index is -0.974. The molecule has 7 heteroatoms. The minimum Gasteiger partial charge on any atom is -0.438 e. The van der Waals surface area contributed by atoms with Gasteiger partial charge in [0, 0.05) is 19.4 Å². The van der Waals surface area contributed by atoms with Crippen LogP contribution < -0.4 is 5.46 Å². The van der Waals surface area contributed by atoms with Crippen LogP contribution in [-0.4, -0.2) is 47.6 Å². The van der Waals surface area contributed by atoms with Crippen molar-refractivity contribution in [3.8, 4) is 0 Å². The van der Waals surface area contributed by atoms with Gasteiger partial charge in [-0.1, -0.05) is 54.6 Å². The van der Waals surface area contributed by atoms with Crippen LogP contribution in [0.2, 0.25) is 0 Å². The smallest absolute Gasteiger partial charge is 0.438 e. The van der Waals surface area contributed by atoms with E-state index < -0.39 is 11.2 Å². The lowest BCUT2D eigenvalue weighted by Gasteiger charge is -2.45. The number of hydrogen-bond donors (Lipinski definition) is 1. The van der Waals surface area contributed by atoms with E-state index in [0.717, 1.165) is 16.6 Å².